The Morgan fingerprint density at radius 1 is 0.975 bits per heavy atom. The van der Waals surface area contributed by atoms with Crippen LogP contribution in [0, 0.1) is 6.92 Å². The summed E-state index contributed by atoms with van der Waals surface area (Å²) in [5, 5.41) is 4.74. The van der Waals surface area contributed by atoms with Crippen LogP contribution < -0.4 is 5.32 Å². The van der Waals surface area contributed by atoms with Gasteiger partial charge in [0.05, 0.1) is 0 Å². The van der Waals surface area contributed by atoms with Crippen molar-refractivity contribution in [2.45, 2.75) is 51.7 Å². The monoisotopic (exact) mass is 533 g/mol. The molecule has 0 spiro atoms. The summed E-state index contributed by atoms with van der Waals surface area (Å²) in [7, 11) is 1.76. The molecule has 2 aliphatic rings. The van der Waals surface area contributed by atoms with Crippen molar-refractivity contribution < 1.29 is 9.53 Å². The van der Waals surface area contributed by atoms with Crippen molar-refractivity contribution in [3.05, 3.63) is 101 Å². The number of nitrogens with one attached hydrogen (secondary N) is 1. The van der Waals surface area contributed by atoms with Gasteiger partial charge in [-0.05, 0) is 79.1 Å². The van der Waals surface area contributed by atoms with Crippen molar-refractivity contribution in [3.8, 4) is 11.1 Å². The molecule has 6 rings (SSSR count). The van der Waals surface area contributed by atoms with Crippen LogP contribution in [0.3, 0.4) is 0 Å². The summed E-state index contributed by atoms with van der Waals surface area (Å²) in [6, 6.07) is 28.1. The van der Waals surface area contributed by atoms with Gasteiger partial charge in [-0.2, -0.15) is 0 Å². The second-order valence-corrected chi connectivity index (χ2v) is 11.1. The first-order chi connectivity index (χ1) is 19.7. The van der Waals surface area contributed by atoms with Gasteiger partial charge in [-0.1, -0.05) is 66.7 Å². The predicted octanol–water partition coefficient (Wildman–Crippen LogP) is 6.59. The van der Waals surface area contributed by atoms with Gasteiger partial charge in [0.25, 0.3) is 5.91 Å². The lowest BCUT2D eigenvalue weighted by Gasteiger charge is -2.28. The number of aromatic nitrogens is 1. The van der Waals surface area contributed by atoms with E-state index in [1.54, 1.807) is 7.11 Å². The van der Waals surface area contributed by atoms with Crippen LogP contribution in [0.25, 0.3) is 27.6 Å². The predicted molar refractivity (Wildman–Crippen MR) is 163 cm³/mol. The van der Waals surface area contributed by atoms with Crippen molar-refractivity contribution in [1.82, 2.24) is 14.8 Å². The lowest BCUT2D eigenvalue weighted by Crippen LogP contribution is -2.39. The van der Waals surface area contributed by atoms with E-state index in [1.165, 1.54) is 38.9 Å². The van der Waals surface area contributed by atoms with E-state index in [4.69, 9.17) is 4.74 Å². The Hall–Kier alpha value is -3.67. The first kappa shape index (κ1) is 26.5. The number of amides is 1. The van der Waals surface area contributed by atoms with Crippen molar-refractivity contribution in [1.29, 1.82) is 0 Å². The third-order valence-corrected chi connectivity index (χ3v) is 8.46. The number of aryl methyl sites for hydroxylation is 1. The summed E-state index contributed by atoms with van der Waals surface area (Å²) < 4.78 is 7.73. The minimum Gasteiger partial charge on any atom is -0.385 e. The number of ether oxygens (including phenoxy) is 1. The Kier molecular flexibility index (Phi) is 7.85. The molecule has 0 unspecified atom stereocenters. The summed E-state index contributed by atoms with van der Waals surface area (Å²) in [4.78, 5) is 16.6. The van der Waals surface area contributed by atoms with E-state index in [9.17, 15) is 4.79 Å². The fourth-order valence-corrected chi connectivity index (χ4v) is 6.18. The van der Waals surface area contributed by atoms with E-state index in [0.717, 1.165) is 56.5 Å². The first-order valence-corrected chi connectivity index (χ1v) is 14.6. The molecule has 1 saturated carbocycles. The van der Waals surface area contributed by atoms with Gasteiger partial charge < -0.3 is 19.5 Å². The van der Waals surface area contributed by atoms with E-state index in [0.29, 0.717) is 19.1 Å². The van der Waals surface area contributed by atoms with Crippen molar-refractivity contribution in [3.63, 3.8) is 0 Å². The van der Waals surface area contributed by atoms with Gasteiger partial charge in [-0.15, -0.1) is 0 Å². The van der Waals surface area contributed by atoms with Crippen LogP contribution in [0.1, 0.15) is 42.5 Å². The van der Waals surface area contributed by atoms with Gasteiger partial charge in [-0.25, -0.2) is 0 Å². The van der Waals surface area contributed by atoms with Crippen LogP contribution in [-0.4, -0.2) is 48.2 Å². The molecular weight excluding hydrogens is 494 g/mol. The highest BCUT2D eigenvalue weighted by atomic mass is 16.5. The highest BCUT2D eigenvalue weighted by molar-refractivity contribution is 6.02. The fraction of sp³-hybridized carbons (Fsp3) is 0.343. The van der Waals surface area contributed by atoms with E-state index in [2.05, 4.69) is 94.5 Å². The third-order valence-electron chi connectivity index (χ3n) is 8.46. The maximum absolute atomic E-state index is 14.4. The number of rotatable bonds is 10. The molecule has 1 aromatic heterocycles. The maximum Gasteiger partial charge on any atom is 0.251 e. The van der Waals surface area contributed by atoms with E-state index < -0.39 is 0 Å². The molecule has 40 heavy (non-hydrogen) atoms. The minimum absolute atomic E-state index is 0.186. The molecule has 2 heterocycles. The van der Waals surface area contributed by atoms with E-state index in [-0.39, 0.29) is 5.91 Å². The fourth-order valence-electron chi connectivity index (χ4n) is 6.18. The zero-order valence-corrected chi connectivity index (χ0v) is 23.7. The summed E-state index contributed by atoms with van der Waals surface area (Å²) in [5.41, 5.74) is 9.41. The second kappa shape index (κ2) is 11.8. The van der Waals surface area contributed by atoms with Crippen LogP contribution in [0.5, 0.6) is 0 Å². The topological polar surface area (TPSA) is 46.5 Å². The SMILES string of the molecule is COCCCn1c(C)c(CN(C(=O)C2=C(c3cccc(-c4ccccc4)c3)CCNC2)C2CC2)c2ccccc21. The number of nitrogens with zero attached hydrogens (tertiary/aromatic N) is 2. The van der Waals surface area contributed by atoms with Crippen LogP contribution in [0.4, 0.5) is 0 Å². The summed E-state index contributed by atoms with van der Waals surface area (Å²) in [6.45, 7) is 6.01. The number of fused-ring (bicyclic) bond motifs is 1. The second-order valence-electron chi connectivity index (χ2n) is 11.1. The Morgan fingerprint density at radius 2 is 1.73 bits per heavy atom. The van der Waals surface area contributed by atoms with Gasteiger partial charge in [0.15, 0.2) is 0 Å². The van der Waals surface area contributed by atoms with E-state index in [1.807, 2.05) is 6.07 Å². The van der Waals surface area contributed by atoms with Crippen LogP contribution in [0.2, 0.25) is 0 Å². The molecule has 5 heteroatoms. The average molecular weight is 534 g/mol. The minimum atomic E-state index is 0.186. The molecule has 3 aromatic carbocycles. The highest BCUT2D eigenvalue weighted by Gasteiger charge is 2.36. The molecule has 1 amide bonds. The normalized spacial score (nSPS) is 15.6. The molecule has 1 aliphatic carbocycles. The van der Waals surface area contributed by atoms with Gasteiger partial charge in [0.1, 0.15) is 0 Å². The Morgan fingerprint density at radius 3 is 2.52 bits per heavy atom. The summed E-state index contributed by atoms with van der Waals surface area (Å²) >= 11 is 0. The highest BCUT2D eigenvalue weighted by Crippen LogP contribution is 2.36. The Bertz CT molecular complexity index is 1530. The molecular formula is C35H39N3O2. The zero-order chi connectivity index (χ0) is 27.5. The number of benzene rings is 3. The number of hydrogen-bond donors (Lipinski definition) is 1. The van der Waals surface area contributed by atoms with Crippen LogP contribution in [-0.2, 0) is 22.6 Å². The molecule has 1 N–H and O–H groups in total. The largest absolute Gasteiger partial charge is 0.385 e. The van der Waals surface area contributed by atoms with Gasteiger partial charge >= 0.3 is 0 Å². The number of carbonyl (C=O) groups excluding carboxylic acids is 1. The van der Waals surface area contributed by atoms with Crippen molar-refractivity contribution >= 4 is 22.4 Å². The first-order valence-electron chi connectivity index (χ1n) is 14.6. The number of carbonyl (C=O) groups is 1. The number of hydrogen-bond acceptors (Lipinski definition) is 3. The Labute approximate surface area is 237 Å². The smallest absolute Gasteiger partial charge is 0.251 e. The lowest BCUT2D eigenvalue weighted by atomic mass is 9.91. The number of methoxy groups -OCH3 is 1. The molecule has 4 aromatic rings. The number of para-hydroxylation sites is 1. The molecule has 1 aliphatic heterocycles. The molecule has 1 fully saturated rings. The summed E-state index contributed by atoms with van der Waals surface area (Å²) in [5.74, 6) is 0.186. The van der Waals surface area contributed by atoms with Gasteiger partial charge in [-0.3, -0.25) is 4.79 Å². The van der Waals surface area contributed by atoms with Crippen molar-refractivity contribution in [2.75, 3.05) is 26.8 Å². The molecule has 0 atom stereocenters. The molecule has 0 bridgehead atoms. The average Bonchev–Trinajstić information content (AvgIpc) is 3.82. The third kappa shape index (κ3) is 5.36. The van der Waals surface area contributed by atoms with Gasteiger partial charge in [0, 0.05) is 61.6 Å². The molecule has 5 nitrogen and oxygen atoms in total. The van der Waals surface area contributed by atoms with E-state index >= 15 is 0 Å². The molecule has 0 saturated heterocycles. The van der Waals surface area contributed by atoms with Crippen LogP contribution >= 0.6 is 0 Å². The molecule has 0 radical (unpaired) electrons. The van der Waals surface area contributed by atoms with Crippen LogP contribution in [0.15, 0.2) is 84.4 Å². The summed E-state index contributed by atoms with van der Waals surface area (Å²) in [6.07, 6.45) is 3.98. The van der Waals surface area contributed by atoms with Gasteiger partial charge in [0.2, 0.25) is 0 Å². The maximum atomic E-state index is 14.4. The van der Waals surface area contributed by atoms with Crippen molar-refractivity contribution in [2.24, 2.45) is 0 Å². The Balaban J connectivity index is 1.35. The quantitative estimate of drug-likeness (QED) is 0.234. The molecule has 206 valence electrons. The standard InChI is InChI=1S/C35H39N3O2/c1-25-33(31-14-6-7-15-34(31)37(25)20-9-21-40-2)24-38(29-16-17-29)35(39)32-23-36-19-18-30(32)28-13-8-12-27(22-28)26-10-4-3-5-11-26/h3-8,10-15,22,29,36H,9,16-21,23-24H2,1-2H3. The zero-order valence-electron chi connectivity index (χ0n) is 23.7. The lowest BCUT2D eigenvalue weighted by molar-refractivity contribution is -0.128.